The Hall–Kier alpha value is -2.14. The van der Waals surface area contributed by atoms with Gasteiger partial charge in [-0.1, -0.05) is 37.5 Å². The van der Waals surface area contributed by atoms with Crippen LogP contribution in [0.5, 0.6) is 0 Å². The number of carbonyl (C=O) groups excluding carboxylic acids is 1. The first kappa shape index (κ1) is 18.2. The summed E-state index contributed by atoms with van der Waals surface area (Å²) in [5.41, 5.74) is 4.13. The van der Waals surface area contributed by atoms with E-state index >= 15 is 0 Å². The van der Waals surface area contributed by atoms with Crippen LogP contribution in [-0.4, -0.2) is 40.2 Å². The number of hydrogen-bond donors (Lipinski definition) is 1. The first-order chi connectivity index (χ1) is 13.1. The summed E-state index contributed by atoms with van der Waals surface area (Å²) >= 11 is 0. The molecule has 5 heteroatoms. The van der Waals surface area contributed by atoms with Gasteiger partial charge in [-0.25, -0.2) is 4.68 Å². The van der Waals surface area contributed by atoms with Crippen molar-refractivity contribution in [2.75, 3.05) is 19.6 Å². The number of nitrogens with zero attached hydrogens (tertiary/aromatic N) is 3. The summed E-state index contributed by atoms with van der Waals surface area (Å²) in [6, 6.07) is 9.95. The van der Waals surface area contributed by atoms with Gasteiger partial charge in [0.2, 0.25) is 5.91 Å². The Balaban J connectivity index is 1.66. The van der Waals surface area contributed by atoms with Crippen molar-refractivity contribution >= 4 is 5.91 Å². The Bertz CT molecular complexity index is 792. The Morgan fingerprint density at radius 3 is 2.59 bits per heavy atom. The zero-order valence-corrected chi connectivity index (χ0v) is 16.4. The summed E-state index contributed by atoms with van der Waals surface area (Å²) in [6.07, 6.45) is 6.62. The Morgan fingerprint density at radius 1 is 1.11 bits per heavy atom. The summed E-state index contributed by atoms with van der Waals surface area (Å²) in [4.78, 5) is 15.3. The van der Waals surface area contributed by atoms with Gasteiger partial charge in [0.1, 0.15) is 6.04 Å². The third-order valence-corrected chi connectivity index (χ3v) is 6.15. The highest BCUT2D eigenvalue weighted by atomic mass is 16.2. The van der Waals surface area contributed by atoms with Gasteiger partial charge >= 0.3 is 0 Å². The van der Waals surface area contributed by atoms with E-state index in [1.807, 2.05) is 29.8 Å². The molecule has 27 heavy (non-hydrogen) atoms. The fourth-order valence-electron chi connectivity index (χ4n) is 4.80. The molecule has 2 aromatic rings. The average molecular weight is 367 g/mol. The number of nitrogens with one attached hydrogen (secondary N) is 1. The normalized spacial score (nSPS) is 22.0. The molecule has 1 aromatic carbocycles. The van der Waals surface area contributed by atoms with Crippen LogP contribution in [0.3, 0.4) is 0 Å². The monoisotopic (exact) mass is 366 g/mol. The molecule has 1 aliphatic carbocycles. The molecular formula is C22H30N4O. The molecule has 2 heterocycles. The third kappa shape index (κ3) is 3.65. The number of rotatable bonds is 4. The van der Waals surface area contributed by atoms with Gasteiger partial charge in [-0.3, -0.25) is 9.69 Å². The molecule has 144 valence electrons. The lowest BCUT2D eigenvalue weighted by Crippen LogP contribution is -2.51. The lowest BCUT2D eigenvalue weighted by atomic mass is 9.88. The van der Waals surface area contributed by atoms with Crippen molar-refractivity contribution in [3.63, 3.8) is 0 Å². The predicted molar refractivity (Wildman–Crippen MR) is 107 cm³/mol. The second-order valence-electron chi connectivity index (χ2n) is 8.02. The standard InChI is InChI=1S/C22H30N4O/c1-16-20(17(2)26(24-16)19-11-7-4-8-12-19)21-22(27)23-13-14-25(21)15-18-9-5-3-6-10-18/h4,7-8,11-12,18,21H,3,5-6,9-10,13-15H2,1-2H3,(H,23,27)/t21-/m0/s1. The van der Waals surface area contributed by atoms with Gasteiger partial charge in [0, 0.05) is 30.9 Å². The fourth-order valence-corrected chi connectivity index (χ4v) is 4.80. The molecule has 1 saturated heterocycles. The minimum atomic E-state index is -0.224. The van der Waals surface area contributed by atoms with E-state index in [1.165, 1.54) is 32.1 Å². The van der Waals surface area contributed by atoms with E-state index in [4.69, 9.17) is 5.10 Å². The molecule has 0 radical (unpaired) electrons. The molecule has 5 nitrogen and oxygen atoms in total. The fraction of sp³-hybridized carbons (Fsp3) is 0.545. The van der Waals surface area contributed by atoms with Crippen LogP contribution in [0.15, 0.2) is 30.3 Å². The second kappa shape index (κ2) is 7.85. The Labute approximate surface area is 161 Å². The maximum Gasteiger partial charge on any atom is 0.242 e. The van der Waals surface area contributed by atoms with Crippen LogP contribution in [0.1, 0.15) is 55.1 Å². The second-order valence-corrected chi connectivity index (χ2v) is 8.02. The minimum Gasteiger partial charge on any atom is -0.353 e. The van der Waals surface area contributed by atoms with Crippen molar-refractivity contribution in [3.8, 4) is 5.69 Å². The number of aryl methyl sites for hydroxylation is 1. The van der Waals surface area contributed by atoms with Crippen molar-refractivity contribution in [2.24, 2.45) is 5.92 Å². The summed E-state index contributed by atoms with van der Waals surface area (Å²) in [5, 5.41) is 7.86. The Kier molecular flexibility index (Phi) is 5.30. The highest BCUT2D eigenvalue weighted by molar-refractivity contribution is 5.84. The van der Waals surface area contributed by atoms with E-state index in [0.717, 1.165) is 48.2 Å². The van der Waals surface area contributed by atoms with Crippen LogP contribution in [0, 0.1) is 19.8 Å². The van der Waals surface area contributed by atoms with Crippen molar-refractivity contribution in [1.29, 1.82) is 0 Å². The largest absolute Gasteiger partial charge is 0.353 e. The van der Waals surface area contributed by atoms with E-state index < -0.39 is 0 Å². The van der Waals surface area contributed by atoms with Gasteiger partial charge in [-0.2, -0.15) is 5.10 Å². The number of carbonyl (C=O) groups is 1. The number of amides is 1. The van der Waals surface area contributed by atoms with Crippen molar-refractivity contribution in [3.05, 3.63) is 47.3 Å². The van der Waals surface area contributed by atoms with Crippen LogP contribution in [-0.2, 0) is 4.79 Å². The van der Waals surface area contributed by atoms with Crippen LogP contribution >= 0.6 is 0 Å². The van der Waals surface area contributed by atoms with E-state index in [2.05, 4.69) is 29.3 Å². The molecule has 2 aliphatic rings. The van der Waals surface area contributed by atoms with E-state index in [1.54, 1.807) is 0 Å². The van der Waals surface area contributed by atoms with Crippen LogP contribution in [0.2, 0.25) is 0 Å². The first-order valence-electron chi connectivity index (χ1n) is 10.3. The molecule has 2 fully saturated rings. The number of hydrogen-bond acceptors (Lipinski definition) is 3. The van der Waals surface area contributed by atoms with Gasteiger partial charge in [0.15, 0.2) is 0 Å². The van der Waals surface area contributed by atoms with Crippen LogP contribution in [0.25, 0.3) is 5.69 Å². The highest BCUT2D eigenvalue weighted by Gasteiger charge is 2.36. The van der Waals surface area contributed by atoms with Gasteiger partial charge in [0.05, 0.1) is 11.4 Å². The molecule has 1 amide bonds. The molecule has 0 unspecified atom stereocenters. The minimum absolute atomic E-state index is 0.121. The number of para-hydroxylation sites is 1. The number of benzene rings is 1. The van der Waals surface area contributed by atoms with Crippen molar-refractivity contribution in [1.82, 2.24) is 20.0 Å². The molecule has 1 atom stereocenters. The molecule has 4 rings (SSSR count). The maximum atomic E-state index is 12.9. The smallest absolute Gasteiger partial charge is 0.242 e. The molecule has 1 aromatic heterocycles. The molecular weight excluding hydrogens is 336 g/mol. The van der Waals surface area contributed by atoms with Gasteiger partial charge in [0.25, 0.3) is 0 Å². The lowest BCUT2D eigenvalue weighted by molar-refractivity contribution is -0.129. The van der Waals surface area contributed by atoms with E-state index in [-0.39, 0.29) is 11.9 Å². The summed E-state index contributed by atoms with van der Waals surface area (Å²) in [7, 11) is 0. The third-order valence-electron chi connectivity index (χ3n) is 6.15. The van der Waals surface area contributed by atoms with E-state index in [9.17, 15) is 4.79 Å². The Morgan fingerprint density at radius 2 is 1.85 bits per heavy atom. The molecule has 1 saturated carbocycles. The van der Waals surface area contributed by atoms with Gasteiger partial charge in [-0.15, -0.1) is 0 Å². The van der Waals surface area contributed by atoms with Gasteiger partial charge < -0.3 is 5.32 Å². The predicted octanol–water partition coefficient (Wildman–Crippen LogP) is 3.54. The summed E-state index contributed by atoms with van der Waals surface area (Å²) in [6.45, 7) is 6.80. The summed E-state index contributed by atoms with van der Waals surface area (Å²) < 4.78 is 1.98. The van der Waals surface area contributed by atoms with E-state index in [0.29, 0.717) is 0 Å². The average Bonchev–Trinajstić information content (AvgIpc) is 2.98. The van der Waals surface area contributed by atoms with Crippen molar-refractivity contribution < 1.29 is 4.79 Å². The maximum absolute atomic E-state index is 12.9. The zero-order chi connectivity index (χ0) is 18.8. The highest BCUT2D eigenvalue weighted by Crippen LogP contribution is 2.33. The van der Waals surface area contributed by atoms with Crippen molar-refractivity contribution in [2.45, 2.75) is 52.0 Å². The number of aromatic nitrogens is 2. The molecule has 1 aliphatic heterocycles. The lowest BCUT2D eigenvalue weighted by Gasteiger charge is -2.38. The first-order valence-corrected chi connectivity index (χ1v) is 10.3. The quantitative estimate of drug-likeness (QED) is 0.900. The number of piperazine rings is 1. The van der Waals surface area contributed by atoms with Gasteiger partial charge in [-0.05, 0) is 44.7 Å². The zero-order valence-electron chi connectivity index (χ0n) is 16.4. The topological polar surface area (TPSA) is 50.2 Å². The summed E-state index contributed by atoms with van der Waals surface area (Å²) in [5.74, 6) is 0.841. The molecule has 0 spiro atoms. The van der Waals surface area contributed by atoms with Crippen LogP contribution in [0.4, 0.5) is 0 Å². The molecule has 1 N–H and O–H groups in total. The SMILES string of the molecule is Cc1nn(-c2ccccc2)c(C)c1[C@H]1C(=O)NCCN1CC1CCCCC1. The molecule has 0 bridgehead atoms. The van der Waals surface area contributed by atoms with Crippen LogP contribution < -0.4 is 5.32 Å².